The summed E-state index contributed by atoms with van der Waals surface area (Å²) in [4.78, 5) is 11.9. The van der Waals surface area contributed by atoms with Gasteiger partial charge in [-0.15, -0.1) is 0 Å². The molecule has 1 aromatic carbocycles. The number of phenols is 1. The van der Waals surface area contributed by atoms with Crippen molar-refractivity contribution in [3.8, 4) is 5.75 Å². The Bertz CT molecular complexity index is 355. The number of phenolic OH excluding ortho intramolecular Hbond substituents is 1. The second kappa shape index (κ2) is 4.99. The third kappa shape index (κ3) is 2.73. The van der Waals surface area contributed by atoms with Gasteiger partial charge in [-0.25, -0.2) is 0 Å². The highest BCUT2D eigenvalue weighted by molar-refractivity contribution is 5.97. The molecule has 0 bridgehead atoms. The molecule has 16 heavy (non-hydrogen) atoms. The molecule has 1 amide bonds. The molecule has 1 rings (SSSR count). The van der Waals surface area contributed by atoms with Crippen LogP contribution in [0.5, 0.6) is 5.75 Å². The number of methoxy groups -OCH3 is 1. The number of rotatable bonds is 4. The van der Waals surface area contributed by atoms with Gasteiger partial charge in [-0.1, -0.05) is 6.92 Å². The quantitative estimate of drug-likeness (QED) is 0.769. The van der Waals surface area contributed by atoms with E-state index < -0.39 is 5.60 Å². The summed E-state index contributed by atoms with van der Waals surface area (Å²) in [6, 6.07) is 6.31. The predicted molar refractivity (Wildman–Crippen MR) is 62.4 cm³/mol. The van der Waals surface area contributed by atoms with Crippen LogP contribution in [0, 0.1) is 0 Å². The van der Waals surface area contributed by atoms with Crippen molar-refractivity contribution < 1.29 is 14.6 Å². The topological polar surface area (TPSA) is 58.6 Å². The zero-order valence-electron chi connectivity index (χ0n) is 9.78. The highest BCUT2D eigenvalue weighted by Crippen LogP contribution is 2.19. The Morgan fingerprint density at radius 3 is 2.44 bits per heavy atom. The lowest BCUT2D eigenvalue weighted by Crippen LogP contribution is -2.41. The van der Waals surface area contributed by atoms with Crippen molar-refractivity contribution in [1.82, 2.24) is 0 Å². The minimum absolute atomic E-state index is 0.169. The minimum Gasteiger partial charge on any atom is -0.508 e. The van der Waals surface area contributed by atoms with Crippen LogP contribution in [0.25, 0.3) is 0 Å². The summed E-state index contributed by atoms with van der Waals surface area (Å²) in [6.45, 7) is 3.63. The third-order valence-electron chi connectivity index (χ3n) is 2.73. The number of carbonyl (C=O) groups excluding carboxylic acids is 1. The number of benzene rings is 1. The Balaban J connectivity index is 2.74. The van der Waals surface area contributed by atoms with Gasteiger partial charge < -0.3 is 15.2 Å². The molecule has 0 saturated carbocycles. The number of hydrogen-bond acceptors (Lipinski definition) is 3. The number of aromatic hydroxyl groups is 1. The van der Waals surface area contributed by atoms with Crippen LogP contribution in [0.1, 0.15) is 20.3 Å². The van der Waals surface area contributed by atoms with Crippen LogP contribution in [0.4, 0.5) is 5.69 Å². The third-order valence-corrected chi connectivity index (χ3v) is 2.73. The van der Waals surface area contributed by atoms with Gasteiger partial charge >= 0.3 is 0 Å². The first-order valence-corrected chi connectivity index (χ1v) is 5.17. The van der Waals surface area contributed by atoms with Gasteiger partial charge in [-0.3, -0.25) is 4.79 Å². The summed E-state index contributed by atoms with van der Waals surface area (Å²) >= 11 is 0. The number of amides is 1. The molecule has 0 aliphatic carbocycles. The zero-order chi connectivity index (χ0) is 12.2. The molecule has 0 aromatic heterocycles. The second-order valence-corrected chi connectivity index (χ2v) is 3.79. The van der Waals surface area contributed by atoms with E-state index in [0.717, 1.165) is 0 Å². The first-order valence-electron chi connectivity index (χ1n) is 5.17. The van der Waals surface area contributed by atoms with Gasteiger partial charge in [0.1, 0.15) is 11.4 Å². The lowest BCUT2D eigenvalue weighted by Gasteiger charge is -2.25. The largest absolute Gasteiger partial charge is 0.508 e. The Hall–Kier alpha value is -1.55. The van der Waals surface area contributed by atoms with E-state index in [1.165, 1.54) is 19.2 Å². The molecule has 1 unspecified atom stereocenters. The van der Waals surface area contributed by atoms with E-state index in [2.05, 4.69) is 5.32 Å². The number of carbonyl (C=O) groups is 1. The van der Waals surface area contributed by atoms with Crippen molar-refractivity contribution in [2.45, 2.75) is 25.9 Å². The van der Waals surface area contributed by atoms with E-state index in [1.54, 1.807) is 19.1 Å². The molecular weight excluding hydrogens is 206 g/mol. The summed E-state index contributed by atoms with van der Waals surface area (Å²) in [5.41, 5.74) is -0.183. The van der Waals surface area contributed by atoms with Crippen LogP contribution >= 0.6 is 0 Å². The highest BCUT2D eigenvalue weighted by atomic mass is 16.5. The molecule has 1 aromatic rings. The smallest absolute Gasteiger partial charge is 0.256 e. The van der Waals surface area contributed by atoms with E-state index in [1.807, 2.05) is 6.92 Å². The molecule has 0 fully saturated rings. The second-order valence-electron chi connectivity index (χ2n) is 3.79. The summed E-state index contributed by atoms with van der Waals surface area (Å²) in [7, 11) is 1.51. The van der Waals surface area contributed by atoms with Gasteiger partial charge in [-0.2, -0.15) is 0 Å². The lowest BCUT2D eigenvalue weighted by molar-refractivity contribution is -0.136. The molecule has 4 heteroatoms. The maximum atomic E-state index is 11.9. The number of anilines is 1. The van der Waals surface area contributed by atoms with Crippen LogP contribution in [0.15, 0.2) is 24.3 Å². The monoisotopic (exact) mass is 223 g/mol. The summed E-state index contributed by atoms with van der Waals surface area (Å²) in [5.74, 6) is -0.0221. The van der Waals surface area contributed by atoms with E-state index in [9.17, 15) is 4.79 Å². The molecule has 0 aliphatic heterocycles. The fraction of sp³-hybridized carbons (Fsp3) is 0.417. The average molecular weight is 223 g/mol. The minimum atomic E-state index is -0.822. The van der Waals surface area contributed by atoms with Gasteiger partial charge in [0.25, 0.3) is 5.91 Å². The first kappa shape index (κ1) is 12.5. The molecule has 0 aliphatic rings. The van der Waals surface area contributed by atoms with Crippen molar-refractivity contribution >= 4 is 11.6 Å². The number of nitrogens with one attached hydrogen (secondary N) is 1. The molecular formula is C12H17NO3. The molecule has 2 N–H and O–H groups in total. The standard InChI is InChI=1S/C12H17NO3/c1-4-12(2,16-3)11(15)13-9-5-7-10(14)8-6-9/h5-8,14H,4H2,1-3H3,(H,13,15). The maximum Gasteiger partial charge on any atom is 0.256 e. The molecule has 88 valence electrons. The molecule has 4 nitrogen and oxygen atoms in total. The predicted octanol–water partition coefficient (Wildman–Crippen LogP) is 2.15. The number of hydrogen-bond donors (Lipinski definition) is 2. The highest BCUT2D eigenvalue weighted by Gasteiger charge is 2.30. The van der Waals surface area contributed by atoms with Crippen LogP contribution < -0.4 is 5.32 Å². The summed E-state index contributed by atoms with van der Waals surface area (Å²) in [6.07, 6.45) is 0.591. The van der Waals surface area contributed by atoms with Gasteiger partial charge in [0, 0.05) is 12.8 Å². The van der Waals surface area contributed by atoms with Crippen LogP contribution in [0.2, 0.25) is 0 Å². The normalized spacial score (nSPS) is 14.2. The SMILES string of the molecule is CCC(C)(OC)C(=O)Nc1ccc(O)cc1. The molecule has 0 saturated heterocycles. The van der Waals surface area contributed by atoms with Gasteiger partial charge in [0.05, 0.1) is 0 Å². The molecule has 0 heterocycles. The Morgan fingerprint density at radius 2 is 2.00 bits per heavy atom. The van der Waals surface area contributed by atoms with Gasteiger partial charge in [0.2, 0.25) is 0 Å². The first-order chi connectivity index (χ1) is 7.51. The van der Waals surface area contributed by atoms with Gasteiger partial charge in [-0.05, 0) is 37.6 Å². The van der Waals surface area contributed by atoms with E-state index in [-0.39, 0.29) is 11.7 Å². The summed E-state index contributed by atoms with van der Waals surface area (Å²) < 4.78 is 5.18. The van der Waals surface area contributed by atoms with E-state index >= 15 is 0 Å². The van der Waals surface area contributed by atoms with Crippen LogP contribution in [-0.4, -0.2) is 23.7 Å². The zero-order valence-corrected chi connectivity index (χ0v) is 9.78. The van der Waals surface area contributed by atoms with Crippen molar-refractivity contribution in [3.05, 3.63) is 24.3 Å². The fourth-order valence-corrected chi connectivity index (χ4v) is 1.21. The Labute approximate surface area is 95.2 Å². The van der Waals surface area contributed by atoms with Crippen molar-refractivity contribution in [3.63, 3.8) is 0 Å². The lowest BCUT2D eigenvalue weighted by atomic mass is 10.0. The van der Waals surface area contributed by atoms with E-state index in [4.69, 9.17) is 9.84 Å². The van der Waals surface area contributed by atoms with Crippen molar-refractivity contribution in [2.75, 3.05) is 12.4 Å². The Kier molecular flexibility index (Phi) is 3.90. The average Bonchev–Trinajstić information content (AvgIpc) is 2.31. The van der Waals surface area contributed by atoms with Crippen molar-refractivity contribution in [2.24, 2.45) is 0 Å². The molecule has 0 spiro atoms. The van der Waals surface area contributed by atoms with Gasteiger partial charge in [0.15, 0.2) is 0 Å². The van der Waals surface area contributed by atoms with Crippen LogP contribution in [0.3, 0.4) is 0 Å². The summed E-state index contributed by atoms with van der Waals surface area (Å²) in [5, 5.41) is 11.8. The molecule has 0 radical (unpaired) electrons. The van der Waals surface area contributed by atoms with Crippen LogP contribution in [-0.2, 0) is 9.53 Å². The fourth-order valence-electron chi connectivity index (χ4n) is 1.21. The van der Waals surface area contributed by atoms with Crippen molar-refractivity contribution in [1.29, 1.82) is 0 Å². The van der Waals surface area contributed by atoms with E-state index in [0.29, 0.717) is 12.1 Å². The Morgan fingerprint density at radius 1 is 1.44 bits per heavy atom. The molecule has 1 atom stereocenters. The number of ether oxygens (including phenoxy) is 1. The maximum absolute atomic E-state index is 11.9.